The Morgan fingerprint density at radius 2 is 1.90 bits per heavy atom. The van der Waals surface area contributed by atoms with E-state index in [1.807, 2.05) is 19.1 Å². The molecule has 1 aromatic rings. The molecule has 1 heterocycles. The highest BCUT2D eigenvalue weighted by Crippen LogP contribution is 2.27. The van der Waals surface area contributed by atoms with Crippen molar-refractivity contribution in [3.8, 4) is 0 Å². The molecular weight excluding hydrogens is 288 g/mol. The molecule has 0 bridgehead atoms. The number of hydrogen-bond acceptors (Lipinski definition) is 4. The quantitative estimate of drug-likeness (QED) is 0.874. The SMILES string of the molecule is CC1CC(Nc2ccccc2S(=O)(=O)NC2CC2)CCO1. The molecule has 6 heteroatoms. The van der Waals surface area contributed by atoms with Gasteiger partial charge in [-0.15, -0.1) is 0 Å². The van der Waals surface area contributed by atoms with Gasteiger partial charge >= 0.3 is 0 Å². The smallest absolute Gasteiger partial charge is 0.242 e. The van der Waals surface area contributed by atoms with Gasteiger partial charge in [-0.05, 0) is 44.7 Å². The molecule has 1 saturated heterocycles. The number of anilines is 1. The Morgan fingerprint density at radius 1 is 1.14 bits per heavy atom. The van der Waals surface area contributed by atoms with Crippen LogP contribution < -0.4 is 10.0 Å². The number of rotatable bonds is 5. The molecule has 1 aliphatic heterocycles. The summed E-state index contributed by atoms with van der Waals surface area (Å²) in [5, 5.41) is 3.38. The second-order valence-corrected chi connectivity index (χ2v) is 7.62. The average Bonchev–Trinajstić information content (AvgIpc) is 3.22. The van der Waals surface area contributed by atoms with Gasteiger partial charge in [-0.1, -0.05) is 12.1 Å². The van der Waals surface area contributed by atoms with E-state index in [1.54, 1.807) is 12.1 Å². The number of ether oxygens (including phenoxy) is 1. The van der Waals surface area contributed by atoms with Gasteiger partial charge in [-0.3, -0.25) is 0 Å². The van der Waals surface area contributed by atoms with Gasteiger partial charge in [0.15, 0.2) is 0 Å². The Bertz CT molecular complexity index is 599. The van der Waals surface area contributed by atoms with Gasteiger partial charge in [-0.25, -0.2) is 13.1 Å². The van der Waals surface area contributed by atoms with Gasteiger partial charge < -0.3 is 10.1 Å². The maximum Gasteiger partial charge on any atom is 0.242 e. The van der Waals surface area contributed by atoms with Gasteiger partial charge in [0.1, 0.15) is 4.90 Å². The van der Waals surface area contributed by atoms with Crippen molar-refractivity contribution in [2.24, 2.45) is 0 Å². The van der Waals surface area contributed by atoms with E-state index in [9.17, 15) is 8.42 Å². The summed E-state index contributed by atoms with van der Waals surface area (Å²) in [5.74, 6) is 0. The Labute approximate surface area is 126 Å². The summed E-state index contributed by atoms with van der Waals surface area (Å²) in [6, 6.07) is 7.50. The molecule has 116 valence electrons. The van der Waals surface area contributed by atoms with Gasteiger partial charge in [0.2, 0.25) is 10.0 Å². The molecular formula is C15H22N2O3S. The van der Waals surface area contributed by atoms with Crippen LogP contribution in [0.3, 0.4) is 0 Å². The van der Waals surface area contributed by atoms with Crippen molar-refractivity contribution in [1.82, 2.24) is 4.72 Å². The molecule has 21 heavy (non-hydrogen) atoms. The molecule has 0 radical (unpaired) electrons. The minimum atomic E-state index is -3.44. The van der Waals surface area contributed by atoms with Crippen LogP contribution in [0.2, 0.25) is 0 Å². The zero-order valence-corrected chi connectivity index (χ0v) is 13.0. The molecule has 2 atom stereocenters. The number of nitrogens with one attached hydrogen (secondary N) is 2. The van der Waals surface area contributed by atoms with Crippen LogP contribution in [0.15, 0.2) is 29.2 Å². The van der Waals surface area contributed by atoms with Crippen LogP contribution in [0.1, 0.15) is 32.6 Å². The summed E-state index contributed by atoms with van der Waals surface area (Å²) >= 11 is 0. The highest BCUT2D eigenvalue weighted by atomic mass is 32.2. The molecule has 0 aromatic heterocycles. The van der Waals surface area contributed by atoms with Gasteiger partial charge in [0.05, 0.1) is 11.8 Å². The Hall–Kier alpha value is -1.11. The predicted molar refractivity (Wildman–Crippen MR) is 81.8 cm³/mol. The van der Waals surface area contributed by atoms with Crippen molar-refractivity contribution in [2.75, 3.05) is 11.9 Å². The lowest BCUT2D eigenvalue weighted by molar-refractivity contribution is 0.0232. The van der Waals surface area contributed by atoms with E-state index >= 15 is 0 Å². The largest absolute Gasteiger partial charge is 0.381 e. The standard InChI is InChI=1S/C15H22N2O3S/c1-11-10-13(8-9-20-11)16-14-4-2-3-5-15(14)21(18,19)17-12-6-7-12/h2-5,11-13,16-17H,6-10H2,1H3. The zero-order valence-electron chi connectivity index (χ0n) is 12.2. The van der Waals surface area contributed by atoms with Gasteiger partial charge in [0, 0.05) is 18.7 Å². The monoisotopic (exact) mass is 310 g/mol. The lowest BCUT2D eigenvalue weighted by atomic mass is 10.0. The van der Waals surface area contributed by atoms with Crippen LogP contribution in [-0.2, 0) is 14.8 Å². The lowest BCUT2D eigenvalue weighted by Gasteiger charge is -2.29. The maximum absolute atomic E-state index is 12.4. The molecule has 3 rings (SSSR count). The topological polar surface area (TPSA) is 67.4 Å². The molecule has 2 unspecified atom stereocenters. The number of benzene rings is 1. The number of sulfonamides is 1. The first-order chi connectivity index (χ1) is 10.0. The lowest BCUT2D eigenvalue weighted by Crippen LogP contribution is -2.33. The summed E-state index contributed by atoms with van der Waals surface area (Å²) < 4.78 is 33.1. The Morgan fingerprint density at radius 3 is 2.62 bits per heavy atom. The van der Waals surface area contributed by atoms with E-state index in [-0.39, 0.29) is 18.2 Å². The first-order valence-electron chi connectivity index (χ1n) is 7.54. The van der Waals surface area contributed by atoms with Gasteiger partial charge in [-0.2, -0.15) is 0 Å². The van der Waals surface area contributed by atoms with Gasteiger partial charge in [0.25, 0.3) is 0 Å². The first-order valence-corrected chi connectivity index (χ1v) is 9.02. The fraction of sp³-hybridized carbons (Fsp3) is 0.600. The maximum atomic E-state index is 12.4. The highest BCUT2D eigenvalue weighted by Gasteiger charge is 2.30. The molecule has 1 aliphatic carbocycles. The Balaban J connectivity index is 1.78. The molecule has 0 spiro atoms. The third-order valence-corrected chi connectivity index (χ3v) is 5.50. The van der Waals surface area contributed by atoms with Crippen molar-refractivity contribution in [1.29, 1.82) is 0 Å². The van der Waals surface area contributed by atoms with Crippen LogP contribution in [0.25, 0.3) is 0 Å². The predicted octanol–water partition coefficient (Wildman–Crippen LogP) is 2.11. The van der Waals surface area contributed by atoms with E-state index in [4.69, 9.17) is 4.74 Å². The Kier molecular flexibility index (Phi) is 4.19. The summed E-state index contributed by atoms with van der Waals surface area (Å²) in [7, 11) is -3.44. The van der Waals surface area contributed by atoms with Crippen molar-refractivity contribution < 1.29 is 13.2 Å². The van der Waals surface area contributed by atoms with Crippen molar-refractivity contribution >= 4 is 15.7 Å². The summed E-state index contributed by atoms with van der Waals surface area (Å²) in [5.41, 5.74) is 0.685. The molecule has 1 aromatic carbocycles. The molecule has 0 amide bonds. The van der Waals surface area contributed by atoms with E-state index < -0.39 is 10.0 Å². The van der Waals surface area contributed by atoms with E-state index in [2.05, 4.69) is 10.0 Å². The van der Waals surface area contributed by atoms with Crippen molar-refractivity contribution in [2.45, 2.75) is 55.7 Å². The van der Waals surface area contributed by atoms with Crippen LogP contribution in [0, 0.1) is 0 Å². The van der Waals surface area contributed by atoms with Crippen LogP contribution in [-0.4, -0.2) is 33.2 Å². The third-order valence-electron chi connectivity index (χ3n) is 3.92. The van der Waals surface area contributed by atoms with E-state index in [0.29, 0.717) is 17.2 Å². The summed E-state index contributed by atoms with van der Waals surface area (Å²) in [6.07, 6.45) is 3.88. The molecule has 2 fully saturated rings. The van der Waals surface area contributed by atoms with Crippen LogP contribution >= 0.6 is 0 Å². The average molecular weight is 310 g/mol. The van der Waals surface area contributed by atoms with E-state index in [1.165, 1.54) is 0 Å². The van der Waals surface area contributed by atoms with Crippen molar-refractivity contribution in [3.63, 3.8) is 0 Å². The minimum absolute atomic E-state index is 0.117. The van der Waals surface area contributed by atoms with Crippen LogP contribution in [0.4, 0.5) is 5.69 Å². The van der Waals surface area contributed by atoms with Crippen LogP contribution in [0.5, 0.6) is 0 Å². The second kappa shape index (κ2) is 5.94. The molecule has 5 nitrogen and oxygen atoms in total. The zero-order chi connectivity index (χ0) is 14.9. The first kappa shape index (κ1) is 14.8. The van der Waals surface area contributed by atoms with E-state index in [0.717, 1.165) is 25.7 Å². The summed E-state index contributed by atoms with van der Waals surface area (Å²) in [4.78, 5) is 0.344. The molecule has 1 saturated carbocycles. The molecule has 2 aliphatic rings. The number of hydrogen-bond donors (Lipinski definition) is 2. The minimum Gasteiger partial charge on any atom is -0.381 e. The fourth-order valence-corrected chi connectivity index (χ4v) is 4.13. The fourth-order valence-electron chi connectivity index (χ4n) is 2.65. The molecule has 2 N–H and O–H groups in total. The second-order valence-electron chi connectivity index (χ2n) is 5.94. The number of para-hydroxylation sites is 1. The summed E-state index contributed by atoms with van der Waals surface area (Å²) in [6.45, 7) is 2.76. The van der Waals surface area contributed by atoms with Crippen molar-refractivity contribution in [3.05, 3.63) is 24.3 Å². The highest BCUT2D eigenvalue weighted by molar-refractivity contribution is 7.89. The normalized spacial score (nSPS) is 26.5. The third kappa shape index (κ3) is 3.75.